The lowest BCUT2D eigenvalue weighted by atomic mass is 10.1. The van der Waals surface area contributed by atoms with Gasteiger partial charge in [-0.15, -0.1) is 0 Å². The fourth-order valence-corrected chi connectivity index (χ4v) is 5.33. The van der Waals surface area contributed by atoms with Gasteiger partial charge in [-0.25, -0.2) is 0 Å². The maximum Gasteiger partial charge on any atom is 0.153 e. The van der Waals surface area contributed by atoms with Crippen molar-refractivity contribution in [3.8, 4) is 23.6 Å². The topological polar surface area (TPSA) is 92.1 Å². The Labute approximate surface area is 216 Å². The number of ether oxygens (including phenoxy) is 2. The summed E-state index contributed by atoms with van der Waals surface area (Å²) in [6.45, 7) is 8.98. The molecule has 0 aliphatic heterocycles. The van der Waals surface area contributed by atoms with Crippen LogP contribution < -0.4 is 15.2 Å². The molecule has 0 heterocycles. The third kappa shape index (κ3) is 6.66. The number of nitrogen functional groups attached to an aromatic ring is 1. The van der Waals surface area contributed by atoms with Crippen molar-refractivity contribution in [2.24, 2.45) is 11.8 Å². The molecule has 0 radical (unpaired) electrons. The van der Waals surface area contributed by atoms with Crippen LogP contribution in [0.4, 0.5) is 5.69 Å². The highest BCUT2D eigenvalue weighted by atomic mass is 32.2. The molecule has 0 aliphatic rings. The van der Waals surface area contributed by atoms with Crippen molar-refractivity contribution < 1.29 is 9.47 Å². The first-order valence-corrected chi connectivity index (χ1v) is 13.0. The highest BCUT2D eigenvalue weighted by Crippen LogP contribution is 2.52. The smallest absolute Gasteiger partial charge is 0.153 e. The Hall–Kier alpha value is -3.26. The Bertz CT molecular complexity index is 1250. The van der Waals surface area contributed by atoms with E-state index in [1.54, 1.807) is 0 Å². The van der Waals surface area contributed by atoms with E-state index < -0.39 is 0 Å². The van der Waals surface area contributed by atoms with Crippen LogP contribution in [-0.4, -0.2) is 13.2 Å². The second-order valence-electron chi connectivity index (χ2n) is 8.75. The minimum Gasteiger partial charge on any atom is -0.491 e. The number of nitrogens with two attached hydrogens (primary N) is 1. The van der Waals surface area contributed by atoms with Crippen LogP contribution in [-0.2, 0) is 0 Å². The number of para-hydroxylation sites is 1. The first kappa shape index (κ1) is 26.3. The van der Waals surface area contributed by atoms with Gasteiger partial charge in [0.2, 0.25) is 0 Å². The molecule has 0 saturated heterocycles. The summed E-state index contributed by atoms with van der Waals surface area (Å²) in [7, 11) is 0. The summed E-state index contributed by atoms with van der Waals surface area (Å²) in [6, 6.07) is 21.9. The van der Waals surface area contributed by atoms with Gasteiger partial charge in [0.15, 0.2) is 11.5 Å². The lowest BCUT2D eigenvalue weighted by molar-refractivity contribution is 0.252. The second-order valence-corrected chi connectivity index (χ2v) is 10.9. The molecule has 0 amide bonds. The van der Waals surface area contributed by atoms with E-state index in [4.69, 9.17) is 15.2 Å². The van der Waals surface area contributed by atoms with Crippen molar-refractivity contribution >= 4 is 29.2 Å². The van der Waals surface area contributed by atoms with E-state index in [0.717, 1.165) is 14.7 Å². The van der Waals surface area contributed by atoms with Crippen LogP contribution in [0.25, 0.3) is 0 Å². The quantitative estimate of drug-likeness (QED) is 0.288. The highest BCUT2D eigenvalue weighted by molar-refractivity contribution is 8.02. The molecule has 2 N–H and O–H groups in total. The van der Waals surface area contributed by atoms with Crippen LogP contribution in [0, 0.1) is 34.5 Å². The van der Waals surface area contributed by atoms with Crippen LogP contribution in [0.15, 0.2) is 74.2 Å². The van der Waals surface area contributed by atoms with E-state index in [9.17, 15) is 10.5 Å². The Morgan fingerprint density at radius 1 is 0.743 bits per heavy atom. The molecule has 0 spiro atoms. The van der Waals surface area contributed by atoms with Crippen molar-refractivity contribution in [3.05, 3.63) is 65.7 Å². The molecular formula is C28H29N3O2S2. The summed E-state index contributed by atoms with van der Waals surface area (Å²) < 4.78 is 12.5. The number of anilines is 1. The van der Waals surface area contributed by atoms with Gasteiger partial charge in [0.1, 0.15) is 23.3 Å². The van der Waals surface area contributed by atoms with Crippen molar-refractivity contribution in [2.75, 3.05) is 18.9 Å². The average molecular weight is 504 g/mol. The molecule has 0 bridgehead atoms. The molecule has 3 rings (SSSR count). The van der Waals surface area contributed by atoms with Gasteiger partial charge >= 0.3 is 0 Å². The fourth-order valence-electron chi connectivity index (χ4n) is 3.12. The number of nitriles is 2. The Morgan fingerprint density at radius 2 is 1.23 bits per heavy atom. The zero-order chi connectivity index (χ0) is 25.4. The highest BCUT2D eigenvalue weighted by Gasteiger charge is 2.29. The third-order valence-electron chi connectivity index (χ3n) is 4.76. The van der Waals surface area contributed by atoms with E-state index in [1.807, 2.05) is 82.3 Å². The largest absolute Gasteiger partial charge is 0.491 e. The molecular weight excluding hydrogens is 474 g/mol. The van der Waals surface area contributed by atoms with Crippen LogP contribution >= 0.6 is 23.5 Å². The molecule has 7 heteroatoms. The molecule has 0 aromatic heterocycles. The van der Waals surface area contributed by atoms with E-state index in [2.05, 4.69) is 12.1 Å². The molecule has 3 aromatic rings. The molecule has 180 valence electrons. The van der Waals surface area contributed by atoms with Gasteiger partial charge < -0.3 is 15.2 Å². The van der Waals surface area contributed by atoms with E-state index in [0.29, 0.717) is 35.3 Å². The van der Waals surface area contributed by atoms with Crippen molar-refractivity contribution in [2.45, 2.75) is 47.3 Å². The van der Waals surface area contributed by atoms with Crippen molar-refractivity contribution in [1.29, 1.82) is 10.5 Å². The summed E-state index contributed by atoms with van der Waals surface area (Å²) >= 11 is 2.91. The summed E-state index contributed by atoms with van der Waals surface area (Å²) in [5.41, 5.74) is 7.28. The van der Waals surface area contributed by atoms with Gasteiger partial charge in [0, 0.05) is 15.5 Å². The standard InChI is InChI=1S/C28H29N3O2S2/c1-18(2)16-32-25-21(14-29)22(15-30)26(33-17-19(3)4)28(35-24-13-9-8-12-23(24)31)27(25)34-20-10-6-5-7-11-20/h5-13,18-19H,16-17,31H2,1-4H3. The zero-order valence-corrected chi connectivity index (χ0v) is 22.0. The number of hydrogen-bond acceptors (Lipinski definition) is 7. The van der Waals surface area contributed by atoms with E-state index in [-0.39, 0.29) is 23.0 Å². The van der Waals surface area contributed by atoms with Crippen molar-refractivity contribution in [1.82, 2.24) is 0 Å². The second kappa shape index (κ2) is 12.4. The zero-order valence-electron chi connectivity index (χ0n) is 20.4. The summed E-state index contributed by atoms with van der Waals surface area (Å²) in [6.07, 6.45) is 0. The molecule has 5 nitrogen and oxygen atoms in total. The summed E-state index contributed by atoms with van der Waals surface area (Å²) in [4.78, 5) is 3.26. The maximum absolute atomic E-state index is 10.1. The first-order valence-electron chi connectivity index (χ1n) is 11.4. The minimum absolute atomic E-state index is 0.182. The number of nitrogens with zero attached hydrogens (tertiary/aromatic N) is 2. The molecule has 0 unspecified atom stereocenters. The number of rotatable bonds is 10. The van der Waals surface area contributed by atoms with Crippen LogP contribution in [0.1, 0.15) is 38.8 Å². The third-order valence-corrected chi connectivity index (χ3v) is 7.18. The maximum atomic E-state index is 10.1. The molecule has 3 aromatic carbocycles. The molecule has 0 atom stereocenters. The predicted octanol–water partition coefficient (Wildman–Crippen LogP) is 7.38. The molecule has 35 heavy (non-hydrogen) atoms. The Morgan fingerprint density at radius 3 is 1.71 bits per heavy atom. The monoisotopic (exact) mass is 503 g/mol. The van der Waals surface area contributed by atoms with Gasteiger partial charge in [-0.3, -0.25) is 0 Å². The van der Waals surface area contributed by atoms with E-state index >= 15 is 0 Å². The lowest BCUT2D eigenvalue weighted by Gasteiger charge is -2.23. The molecule has 0 aliphatic carbocycles. The predicted molar refractivity (Wildman–Crippen MR) is 142 cm³/mol. The number of benzene rings is 3. The minimum atomic E-state index is 0.182. The van der Waals surface area contributed by atoms with Gasteiger partial charge in [0.25, 0.3) is 0 Å². The van der Waals surface area contributed by atoms with Gasteiger partial charge in [-0.1, -0.05) is 81.6 Å². The molecule has 0 fully saturated rings. The summed E-state index contributed by atoms with van der Waals surface area (Å²) in [5, 5.41) is 20.3. The normalized spacial score (nSPS) is 10.7. The Balaban J connectivity index is 2.34. The Kier molecular flexibility index (Phi) is 9.37. The van der Waals surface area contributed by atoms with E-state index in [1.165, 1.54) is 23.5 Å². The van der Waals surface area contributed by atoms with Gasteiger partial charge in [-0.05, 0) is 36.1 Å². The first-order chi connectivity index (χ1) is 16.8. The van der Waals surface area contributed by atoms with Gasteiger partial charge in [0.05, 0.1) is 23.0 Å². The van der Waals surface area contributed by atoms with Crippen molar-refractivity contribution in [3.63, 3.8) is 0 Å². The van der Waals surface area contributed by atoms with Crippen LogP contribution in [0.2, 0.25) is 0 Å². The molecule has 0 saturated carbocycles. The van der Waals surface area contributed by atoms with Gasteiger partial charge in [-0.2, -0.15) is 10.5 Å². The summed E-state index contributed by atoms with van der Waals surface area (Å²) in [5.74, 6) is 1.26. The SMILES string of the molecule is CC(C)COc1c(C#N)c(C#N)c(OCC(C)C)c(Sc2ccccc2N)c1Sc1ccccc1. The number of hydrogen-bond donors (Lipinski definition) is 1. The lowest BCUT2D eigenvalue weighted by Crippen LogP contribution is -2.11. The van der Waals surface area contributed by atoms with Crippen LogP contribution in [0.3, 0.4) is 0 Å². The fraction of sp³-hybridized carbons (Fsp3) is 0.286. The average Bonchev–Trinajstić information content (AvgIpc) is 2.84. The van der Waals surface area contributed by atoms with Crippen LogP contribution in [0.5, 0.6) is 11.5 Å².